The van der Waals surface area contributed by atoms with E-state index >= 15 is 0 Å². The Hall–Kier alpha value is -2.51. The highest BCUT2D eigenvalue weighted by Crippen LogP contribution is 2.25. The first-order valence-corrected chi connectivity index (χ1v) is 11.8. The fraction of sp³-hybridized carbons (Fsp3) is 0.560. The van der Waals surface area contributed by atoms with Gasteiger partial charge in [0.25, 0.3) is 0 Å². The van der Waals surface area contributed by atoms with Gasteiger partial charge in [-0.2, -0.15) is 0 Å². The van der Waals surface area contributed by atoms with E-state index in [1.165, 1.54) is 24.1 Å². The summed E-state index contributed by atoms with van der Waals surface area (Å²) in [5, 5.41) is 7.09. The van der Waals surface area contributed by atoms with Crippen LogP contribution in [0.2, 0.25) is 0 Å². The average molecular weight is 440 g/mol. The monoisotopic (exact) mass is 439 g/mol. The molecule has 2 aromatic rings. The molecule has 2 N–H and O–H groups in total. The van der Waals surface area contributed by atoms with E-state index in [2.05, 4.69) is 62.7 Å². The van der Waals surface area contributed by atoms with Gasteiger partial charge in [0.05, 0.1) is 25.3 Å². The Morgan fingerprint density at radius 3 is 2.56 bits per heavy atom. The quantitative estimate of drug-likeness (QED) is 0.509. The van der Waals surface area contributed by atoms with Gasteiger partial charge in [0.2, 0.25) is 0 Å². The van der Waals surface area contributed by atoms with E-state index in [4.69, 9.17) is 9.15 Å². The summed E-state index contributed by atoms with van der Waals surface area (Å²) < 4.78 is 11.5. The summed E-state index contributed by atoms with van der Waals surface area (Å²) in [6, 6.07) is 13.3. The lowest BCUT2D eigenvalue weighted by molar-refractivity contribution is 0.0124. The molecule has 3 heterocycles. The third kappa shape index (κ3) is 5.64. The van der Waals surface area contributed by atoms with Crippen molar-refractivity contribution in [1.82, 2.24) is 15.5 Å². The van der Waals surface area contributed by atoms with Crippen LogP contribution in [-0.2, 0) is 4.74 Å². The highest BCUT2D eigenvalue weighted by molar-refractivity contribution is 5.80. The lowest BCUT2D eigenvalue weighted by Crippen LogP contribution is -2.46. The van der Waals surface area contributed by atoms with Crippen molar-refractivity contribution in [1.29, 1.82) is 0 Å². The van der Waals surface area contributed by atoms with Crippen LogP contribution in [-0.4, -0.2) is 63.8 Å². The Balaban J connectivity index is 1.39. The molecular weight excluding hydrogens is 402 g/mol. The molecule has 0 bridgehead atoms. The zero-order valence-electron chi connectivity index (χ0n) is 19.6. The van der Waals surface area contributed by atoms with Crippen LogP contribution in [0.15, 0.2) is 45.8 Å². The van der Waals surface area contributed by atoms with Gasteiger partial charge in [-0.1, -0.05) is 12.1 Å². The lowest BCUT2D eigenvalue weighted by atomic mass is 10.1. The van der Waals surface area contributed by atoms with Gasteiger partial charge < -0.3 is 24.7 Å². The van der Waals surface area contributed by atoms with Crippen LogP contribution in [0.1, 0.15) is 48.9 Å². The largest absolute Gasteiger partial charge is 0.465 e. The molecule has 1 aromatic carbocycles. The minimum absolute atomic E-state index is 0.139. The summed E-state index contributed by atoms with van der Waals surface area (Å²) in [5.41, 5.74) is 2.58. The molecule has 0 aliphatic carbocycles. The number of guanidine groups is 1. The van der Waals surface area contributed by atoms with Gasteiger partial charge in [0.1, 0.15) is 11.5 Å². The van der Waals surface area contributed by atoms with Crippen molar-refractivity contribution in [3.05, 3.63) is 53.5 Å². The minimum atomic E-state index is 0.139. The number of nitrogens with zero attached hydrogens (tertiary/aromatic N) is 3. The fourth-order valence-electron chi connectivity index (χ4n) is 4.57. The molecule has 2 aliphatic heterocycles. The van der Waals surface area contributed by atoms with Crippen molar-refractivity contribution in [2.24, 2.45) is 4.99 Å². The van der Waals surface area contributed by atoms with Gasteiger partial charge in [-0.25, -0.2) is 0 Å². The molecule has 2 aliphatic rings. The second kappa shape index (κ2) is 10.9. The van der Waals surface area contributed by atoms with Crippen LogP contribution in [0.25, 0.3) is 0 Å². The summed E-state index contributed by atoms with van der Waals surface area (Å²) in [7, 11) is 1.82. The van der Waals surface area contributed by atoms with Crippen molar-refractivity contribution >= 4 is 11.6 Å². The molecule has 32 heavy (non-hydrogen) atoms. The molecule has 2 atom stereocenters. The van der Waals surface area contributed by atoms with Gasteiger partial charge in [0.15, 0.2) is 5.96 Å². The number of hydrogen-bond donors (Lipinski definition) is 2. The number of aliphatic imine (C=N–C) groups is 1. The Labute approximate surface area is 191 Å². The Bertz CT molecular complexity index is 884. The first-order valence-electron chi connectivity index (χ1n) is 11.8. The molecular formula is C25H37N5O2. The first-order chi connectivity index (χ1) is 15.6. The number of ether oxygens (including phenoxy) is 1. The maximum Gasteiger partial charge on any atom is 0.191 e. The SMILES string of the molecule is CN=C(NCC(c1ccc(C)o1)N1CCOCC1)NC(C)c1cccc(N2CCCC2)c1. The van der Waals surface area contributed by atoms with Crippen LogP contribution in [0.4, 0.5) is 5.69 Å². The number of aryl methyl sites for hydroxylation is 1. The maximum absolute atomic E-state index is 5.99. The molecule has 7 nitrogen and oxygen atoms in total. The van der Waals surface area contributed by atoms with Gasteiger partial charge >= 0.3 is 0 Å². The predicted molar refractivity (Wildman–Crippen MR) is 129 cm³/mol. The second-order valence-corrected chi connectivity index (χ2v) is 8.72. The van der Waals surface area contributed by atoms with Crippen molar-refractivity contribution < 1.29 is 9.15 Å². The van der Waals surface area contributed by atoms with Crippen LogP contribution in [0, 0.1) is 6.92 Å². The Kier molecular flexibility index (Phi) is 7.71. The van der Waals surface area contributed by atoms with E-state index in [1.807, 2.05) is 20.0 Å². The standard InChI is InChI=1S/C25H37N5O2/c1-19-9-10-24(32-19)23(30-13-15-31-16-14-30)18-27-25(26-3)28-20(2)21-7-6-8-22(17-21)29-11-4-5-12-29/h6-10,17,20,23H,4-5,11-16,18H2,1-3H3,(H2,26,27,28). The highest BCUT2D eigenvalue weighted by atomic mass is 16.5. The van der Waals surface area contributed by atoms with Crippen LogP contribution < -0.4 is 15.5 Å². The van der Waals surface area contributed by atoms with Crippen LogP contribution in [0.3, 0.4) is 0 Å². The van der Waals surface area contributed by atoms with Gasteiger partial charge in [-0.3, -0.25) is 9.89 Å². The third-order valence-corrected chi connectivity index (χ3v) is 6.46. The lowest BCUT2D eigenvalue weighted by Gasteiger charge is -2.34. The summed E-state index contributed by atoms with van der Waals surface area (Å²) in [6.45, 7) is 10.5. The average Bonchev–Trinajstić information content (AvgIpc) is 3.51. The molecule has 0 spiro atoms. The molecule has 0 radical (unpaired) electrons. The summed E-state index contributed by atoms with van der Waals surface area (Å²) in [6.07, 6.45) is 2.57. The molecule has 2 saturated heterocycles. The summed E-state index contributed by atoms with van der Waals surface area (Å²) >= 11 is 0. The number of anilines is 1. The molecule has 2 fully saturated rings. The number of morpholine rings is 1. The summed E-state index contributed by atoms with van der Waals surface area (Å²) in [4.78, 5) is 9.37. The second-order valence-electron chi connectivity index (χ2n) is 8.72. The fourth-order valence-corrected chi connectivity index (χ4v) is 4.57. The van der Waals surface area contributed by atoms with Gasteiger partial charge in [0, 0.05) is 45.5 Å². The normalized spacial score (nSPS) is 19.7. The van der Waals surface area contributed by atoms with Crippen molar-refractivity contribution in [3.63, 3.8) is 0 Å². The summed E-state index contributed by atoms with van der Waals surface area (Å²) in [5.74, 6) is 2.72. The van der Waals surface area contributed by atoms with Crippen LogP contribution in [0.5, 0.6) is 0 Å². The highest BCUT2D eigenvalue weighted by Gasteiger charge is 2.25. The smallest absolute Gasteiger partial charge is 0.191 e. The Morgan fingerprint density at radius 1 is 1.09 bits per heavy atom. The maximum atomic E-state index is 5.99. The zero-order valence-corrected chi connectivity index (χ0v) is 19.6. The molecule has 174 valence electrons. The topological polar surface area (TPSA) is 65.3 Å². The van der Waals surface area contributed by atoms with E-state index in [9.17, 15) is 0 Å². The van der Waals surface area contributed by atoms with Crippen molar-refractivity contribution in [2.45, 2.75) is 38.8 Å². The number of rotatable bonds is 7. The van der Waals surface area contributed by atoms with Crippen molar-refractivity contribution in [2.75, 3.05) is 57.9 Å². The van der Waals surface area contributed by atoms with E-state index in [1.54, 1.807) is 0 Å². The van der Waals surface area contributed by atoms with Gasteiger partial charge in [-0.15, -0.1) is 0 Å². The Morgan fingerprint density at radius 2 is 1.88 bits per heavy atom. The van der Waals surface area contributed by atoms with E-state index in [0.717, 1.165) is 56.9 Å². The number of benzene rings is 1. The molecule has 2 unspecified atom stereocenters. The molecule has 4 rings (SSSR count). The van der Waals surface area contributed by atoms with Gasteiger partial charge in [-0.05, 0) is 56.5 Å². The van der Waals surface area contributed by atoms with Crippen molar-refractivity contribution in [3.8, 4) is 0 Å². The number of hydrogen-bond acceptors (Lipinski definition) is 5. The predicted octanol–water partition coefficient (Wildman–Crippen LogP) is 3.49. The van der Waals surface area contributed by atoms with E-state index in [-0.39, 0.29) is 12.1 Å². The first kappa shape index (κ1) is 22.7. The van der Waals surface area contributed by atoms with E-state index in [0.29, 0.717) is 6.54 Å². The minimum Gasteiger partial charge on any atom is -0.465 e. The zero-order chi connectivity index (χ0) is 22.3. The number of furan rings is 1. The molecule has 0 saturated carbocycles. The van der Waals surface area contributed by atoms with E-state index < -0.39 is 0 Å². The third-order valence-electron chi connectivity index (χ3n) is 6.46. The molecule has 1 aromatic heterocycles. The molecule has 0 amide bonds. The molecule has 7 heteroatoms. The van der Waals surface area contributed by atoms with Crippen LogP contribution >= 0.6 is 0 Å². The number of nitrogens with one attached hydrogen (secondary N) is 2.